The molecule has 0 bridgehead atoms. The molecule has 3 aromatic carbocycles. The van der Waals surface area contributed by atoms with Gasteiger partial charge in [0.2, 0.25) is 10.0 Å². The maximum absolute atomic E-state index is 11.9. The van der Waals surface area contributed by atoms with Gasteiger partial charge in [0, 0.05) is 16.1 Å². The highest BCUT2D eigenvalue weighted by atomic mass is 35.5. The van der Waals surface area contributed by atoms with E-state index in [0.717, 1.165) is 11.1 Å². The number of hydrogen-bond donors (Lipinski definition) is 1. The lowest BCUT2D eigenvalue weighted by atomic mass is 9.94. The van der Waals surface area contributed by atoms with Crippen molar-refractivity contribution in [3.05, 3.63) is 77.8 Å². The van der Waals surface area contributed by atoms with Crippen molar-refractivity contribution in [2.45, 2.75) is 4.90 Å². The zero-order valence-electron chi connectivity index (χ0n) is 12.1. The number of sulfonamides is 1. The van der Waals surface area contributed by atoms with Gasteiger partial charge in [0.15, 0.2) is 0 Å². The summed E-state index contributed by atoms with van der Waals surface area (Å²) in [7, 11) is -3.86. The van der Waals surface area contributed by atoms with E-state index >= 15 is 0 Å². The predicted molar refractivity (Wildman–Crippen MR) is 93.7 cm³/mol. The first-order valence-electron chi connectivity index (χ1n) is 6.94. The van der Waals surface area contributed by atoms with Gasteiger partial charge in [0.25, 0.3) is 0 Å². The van der Waals surface area contributed by atoms with Crippen LogP contribution in [0.3, 0.4) is 0 Å². The molecule has 0 aliphatic rings. The second-order valence-electron chi connectivity index (χ2n) is 5.07. The second kappa shape index (κ2) is 6.16. The molecule has 3 aromatic rings. The Kier molecular flexibility index (Phi) is 4.22. The molecule has 0 atom stereocenters. The Labute approximate surface area is 140 Å². The SMILES string of the molecule is NS(=O)(=O)c1ccccc1-c1c(Cl)cccc1-c1ccccc1. The second-order valence-corrected chi connectivity index (χ2v) is 7.01. The molecule has 0 unspecified atom stereocenters. The minimum absolute atomic E-state index is 0.0604. The van der Waals surface area contributed by atoms with Gasteiger partial charge in [-0.3, -0.25) is 0 Å². The normalized spacial score (nSPS) is 11.4. The monoisotopic (exact) mass is 343 g/mol. The molecular formula is C18H14ClNO2S. The van der Waals surface area contributed by atoms with Gasteiger partial charge in [-0.15, -0.1) is 0 Å². The van der Waals surface area contributed by atoms with Crippen LogP contribution in [-0.4, -0.2) is 8.42 Å². The van der Waals surface area contributed by atoms with Crippen molar-refractivity contribution in [3.8, 4) is 22.3 Å². The smallest absolute Gasteiger partial charge is 0.225 e. The highest BCUT2D eigenvalue weighted by Crippen LogP contribution is 2.39. The van der Waals surface area contributed by atoms with Gasteiger partial charge in [0.05, 0.1) is 4.90 Å². The van der Waals surface area contributed by atoms with Crippen LogP contribution in [0.5, 0.6) is 0 Å². The molecule has 0 heterocycles. The van der Waals surface area contributed by atoms with Gasteiger partial charge in [0.1, 0.15) is 0 Å². The Morgan fingerprint density at radius 1 is 0.739 bits per heavy atom. The molecule has 23 heavy (non-hydrogen) atoms. The predicted octanol–water partition coefficient (Wildman–Crippen LogP) is 4.32. The molecule has 0 aliphatic heterocycles. The Morgan fingerprint density at radius 2 is 1.35 bits per heavy atom. The van der Waals surface area contributed by atoms with E-state index < -0.39 is 10.0 Å². The lowest BCUT2D eigenvalue weighted by Gasteiger charge is -2.15. The van der Waals surface area contributed by atoms with Gasteiger partial charge < -0.3 is 0 Å². The molecular weight excluding hydrogens is 330 g/mol. The molecule has 5 heteroatoms. The Morgan fingerprint density at radius 3 is 2.04 bits per heavy atom. The summed E-state index contributed by atoms with van der Waals surface area (Å²) in [5.74, 6) is 0. The van der Waals surface area contributed by atoms with Crippen molar-refractivity contribution in [3.63, 3.8) is 0 Å². The van der Waals surface area contributed by atoms with Crippen LogP contribution in [0.15, 0.2) is 77.7 Å². The van der Waals surface area contributed by atoms with Crippen molar-refractivity contribution in [1.82, 2.24) is 0 Å². The topological polar surface area (TPSA) is 60.2 Å². The Balaban J connectivity index is 2.35. The van der Waals surface area contributed by atoms with E-state index in [1.54, 1.807) is 24.3 Å². The van der Waals surface area contributed by atoms with E-state index in [-0.39, 0.29) is 4.90 Å². The van der Waals surface area contributed by atoms with Crippen LogP contribution >= 0.6 is 11.6 Å². The fourth-order valence-corrected chi connectivity index (χ4v) is 3.60. The number of primary sulfonamides is 1. The highest BCUT2D eigenvalue weighted by molar-refractivity contribution is 7.89. The average Bonchev–Trinajstić information content (AvgIpc) is 2.55. The van der Waals surface area contributed by atoms with Crippen LogP contribution in [0.1, 0.15) is 0 Å². The van der Waals surface area contributed by atoms with E-state index in [4.69, 9.17) is 16.7 Å². The molecule has 0 aliphatic carbocycles. The third-order valence-corrected chi connectivity index (χ3v) is 4.85. The fraction of sp³-hybridized carbons (Fsp3) is 0. The van der Waals surface area contributed by atoms with E-state index in [9.17, 15) is 8.42 Å². The van der Waals surface area contributed by atoms with Crippen molar-refractivity contribution in [1.29, 1.82) is 0 Å². The first-order valence-corrected chi connectivity index (χ1v) is 8.87. The third kappa shape index (κ3) is 3.15. The first kappa shape index (κ1) is 15.7. The summed E-state index contributed by atoms with van der Waals surface area (Å²) in [4.78, 5) is 0.0604. The first-order chi connectivity index (χ1) is 11.0. The summed E-state index contributed by atoms with van der Waals surface area (Å²) in [6.45, 7) is 0. The maximum Gasteiger partial charge on any atom is 0.238 e. The molecule has 0 spiro atoms. The maximum atomic E-state index is 11.9. The van der Waals surface area contributed by atoms with Crippen molar-refractivity contribution in [2.75, 3.05) is 0 Å². The van der Waals surface area contributed by atoms with Crippen molar-refractivity contribution < 1.29 is 8.42 Å². The Hall–Kier alpha value is -2.14. The van der Waals surface area contributed by atoms with E-state index in [2.05, 4.69) is 0 Å². The zero-order chi connectivity index (χ0) is 16.4. The van der Waals surface area contributed by atoms with E-state index in [0.29, 0.717) is 16.1 Å². The van der Waals surface area contributed by atoms with Crippen LogP contribution in [0, 0.1) is 0 Å². The summed E-state index contributed by atoms with van der Waals surface area (Å²) in [5.41, 5.74) is 2.97. The molecule has 0 fully saturated rings. The minimum atomic E-state index is -3.86. The molecule has 3 rings (SSSR count). The summed E-state index contributed by atoms with van der Waals surface area (Å²) in [6, 6.07) is 21.8. The zero-order valence-corrected chi connectivity index (χ0v) is 13.7. The van der Waals surface area contributed by atoms with Gasteiger partial charge >= 0.3 is 0 Å². The molecule has 3 nitrogen and oxygen atoms in total. The number of hydrogen-bond acceptors (Lipinski definition) is 2. The van der Waals surface area contributed by atoms with Crippen LogP contribution in [0.25, 0.3) is 22.3 Å². The van der Waals surface area contributed by atoms with Crippen molar-refractivity contribution in [2.24, 2.45) is 5.14 Å². The molecule has 0 radical (unpaired) electrons. The number of rotatable bonds is 3. The molecule has 116 valence electrons. The average molecular weight is 344 g/mol. The molecule has 0 aromatic heterocycles. The quantitative estimate of drug-likeness (QED) is 0.769. The molecule has 2 N–H and O–H groups in total. The van der Waals surface area contributed by atoms with Gasteiger partial charge in [-0.2, -0.15) is 0 Å². The number of halogens is 1. The van der Waals surface area contributed by atoms with Crippen LogP contribution in [0.4, 0.5) is 0 Å². The summed E-state index contributed by atoms with van der Waals surface area (Å²) in [5, 5.41) is 5.84. The largest absolute Gasteiger partial charge is 0.238 e. The fourth-order valence-electron chi connectivity index (χ4n) is 2.58. The van der Waals surface area contributed by atoms with Gasteiger partial charge in [-0.1, -0.05) is 72.3 Å². The standard InChI is InChI=1S/C18H14ClNO2S/c19-16-11-6-10-14(13-7-2-1-3-8-13)18(16)15-9-4-5-12-17(15)23(20,21)22/h1-12H,(H2,20,21,22). The Bertz CT molecular complexity index is 954. The molecule has 0 saturated heterocycles. The molecule has 0 amide bonds. The summed E-state index contributed by atoms with van der Waals surface area (Å²) >= 11 is 6.40. The van der Waals surface area contributed by atoms with E-state index in [1.807, 2.05) is 42.5 Å². The summed E-state index contributed by atoms with van der Waals surface area (Å²) in [6.07, 6.45) is 0. The van der Waals surface area contributed by atoms with Crippen LogP contribution in [-0.2, 0) is 10.0 Å². The lowest BCUT2D eigenvalue weighted by Crippen LogP contribution is -2.13. The summed E-state index contributed by atoms with van der Waals surface area (Å²) < 4.78 is 23.8. The lowest BCUT2D eigenvalue weighted by molar-refractivity contribution is 0.598. The number of nitrogens with two attached hydrogens (primary N) is 1. The van der Waals surface area contributed by atoms with Crippen LogP contribution in [0.2, 0.25) is 5.02 Å². The molecule has 0 saturated carbocycles. The van der Waals surface area contributed by atoms with Crippen LogP contribution < -0.4 is 5.14 Å². The minimum Gasteiger partial charge on any atom is -0.225 e. The van der Waals surface area contributed by atoms with E-state index in [1.165, 1.54) is 6.07 Å². The third-order valence-electron chi connectivity index (χ3n) is 3.56. The van der Waals surface area contributed by atoms with Gasteiger partial charge in [-0.25, -0.2) is 13.6 Å². The highest BCUT2D eigenvalue weighted by Gasteiger charge is 2.19. The number of benzene rings is 3. The van der Waals surface area contributed by atoms with Crippen molar-refractivity contribution >= 4 is 21.6 Å². The van der Waals surface area contributed by atoms with Gasteiger partial charge in [-0.05, 0) is 23.3 Å².